The van der Waals surface area contributed by atoms with E-state index in [0.29, 0.717) is 17.9 Å². The zero-order valence-corrected chi connectivity index (χ0v) is 10.1. The highest BCUT2D eigenvalue weighted by Crippen LogP contribution is 2.42. The van der Waals surface area contributed by atoms with Crippen molar-refractivity contribution in [2.24, 2.45) is 11.7 Å². The first kappa shape index (κ1) is 12.7. The van der Waals surface area contributed by atoms with Gasteiger partial charge in [0.1, 0.15) is 0 Å². The summed E-state index contributed by atoms with van der Waals surface area (Å²) in [5.74, 6) is -2.52. The van der Waals surface area contributed by atoms with Crippen molar-refractivity contribution in [3.8, 4) is 0 Å². The fourth-order valence-corrected chi connectivity index (χ4v) is 2.68. The summed E-state index contributed by atoms with van der Waals surface area (Å²) in [7, 11) is 0. The van der Waals surface area contributed by atoms with Gasteiger partial charge in [-0.05, 0) is 30.4 Å². The van der Waals surface area contributed by atoms with Crippen LogP contribution in [0.4, 0.5) is 8.78 Å². The van der Waals surface area contributed by atoms with E-state index >= 15 is 0 Å². The number of nitrogens with zero attached hydrogens (tertiary/aromatic N) is 1. The van der Waals surface area contributed by atoms with Gasteiger partial charge < -0.3 is 5.73 Å². The molecule has 1 aromatic rings. The van der Waals surface area contributed by atoms with Gasteiger partial charge in [0, 0.05) is 31.3 Å². The van der Waals surface area contributed by atoms with Gasteiger partial charge in [0.2, 0.25) is 5.92 Å². The zero-order chi connectivity index (χ0) is 12.5. The molecule has 0 bridgehead atoms. The molecular formula is C12H15ClF2N2. The lowest BCUT2D eigenvalue weighted by atomic mass is 9.94. The lowest BCUT2D eigenvalue weighted by molar-refractivity contribution is 0.00447. The maximum atomic E-state index is 13.0. The molecule has 2 unspecified atom stereocenters. The molecule has 0 spiro atoms. The van der Waals surface area contributed by atoms with E-state index in [0.717, 1.165) is 5.56 Å². The SMILES string of the molecule is NC(CC1CCC(F)(F)C1)c1ccncc1Cl. The average molecular weight is 261 g/mol. The highest BCUT2D eigenvalue weighted by Gasteiger charge is 2.39. The van der Waals surface area contributed by atoms with Crippen molar-refractivity contribution in [3.05, 3.63) is 29.0 Å². The van der Waals surface area contributed by atoms with Crippen LogP contribution in [0.1, 0.15) is 37.3 Å². The van der Waals surface area contributed by atoms with Crippen LogP contribution >= 0.6 is 11.6 Å². The third kappa shape index (κ3) is 3.13. The number of aromatic nitrogens is 1. The second kappa shape index (κ2) is 4.86. The Morgan fingerprint density at radius 3 is 2.94 bits per heavy atom. The third-order valence-electron chi connectivity index (χ3n) is 3.30. The molecule has 94 valence electrons. The molecule has 2 N–H and O–H groups in total. The van der Waals surface area contributed by atoms with Gasteiger partial charge in [-0.1, -0.05) is 11.6 Å². The molecule has 1 fully saturated rings. The summed E-state index contributed by atoms with van der Waals surface area (Å²) in [6.07, 6.45) is 4.17. The predicted molar refractivity (Wildman–Crippen MR) is 63.1 cm³/mol. The minimum absolute atomic E-state index is 0.00997. The lowest BCUT2D eigenvalue weighted by Crippen LogP contribution is -2.16. The summed E-state index contributed by atoms with van der Waals surface area (Å²) in [6.45, 7) is 0. The van der Waals surface area contributed by atoms with Crippen LogP contribution in [-0.4, -0.2) is 10.9 Å². The molecule has 0 aromatic carbocycles. The molecule has 1 saturated carbocycles. The molecule has 1 aliphatic carbocycles. The number of hydrogen-bond donors (Lipinski definition) is 1. The summed E-state index contributed by atoms with van der Waals surface area (Å²) < 4.78 is 26.1. The quantitative estimate of drug-likeness (QED) is 0.903. The van der Waals surface area contributed by atoms with E-state index in [4.69, 9.17) is 17.3 Å². The first-order valence-electron chi connectivity index (χ1n) is 5.71. The van der Waals surface area contributed by atoms with Crippen molar-refractivity contribution >= 4 is 11.6 Å². The van der Waals surface area contributed by atoms with E-state index < -0.39 is 5.92 Å². The van der Waals surface area contributed by atoms with Crippen LogP contribution in [-0.2, 0) is 0 Å². The molecule has 0 saturated heterocycles. The lowest BCUT2D eigenvalue weighted by Gasteiger charge is -2.17. The van der Waals surface area contributed by atoms with Gasteiger partial charge in [-0.25, -0.2) is 8.78 Å². The number of pyridine rings is 1. The van der Waals surface area contributed by atoms with E-state index in [9.17, 15) is 8.78 Å². The maximum absolute atomic E-state index is 13.0. The minimum atomic E-state index is -2.51. The molecule has 1 aromatic heterocycles. The van der Waals surface area contributed by atoms with Crippen LogP contribution in [0.2, 0.25) is 5.02 Å². The molecule has 1 aliphatic rings. The standard InChI is InChI=1S/C12H15ClF2N2/c13-10-7-17-4-2-9(10)11(16)5-8-1-3-12(14,15)6-8/h2,4,7-8,11H,1,3,5-6,16H2. The minimum Gasteiger partial charge on any atom is -0.324 e. The van der Waals surface area contributed by atoms with Gasteiger partial charge in [0.25, 0.3) is 0 Å². The fourth-order valence-electron chi connectivity index (χ4n) is 2.42. The Labute approximate surface area is 104 Å². The van der Waals surface area contributed by atoms with Gasteiger partial charge in [0.05, 0.1) is 5.02 Å². The second-order valence-electron chi connectivity index (χ2n) is 4.70. The topological polar surface area (TPSA) is 38.9 Å². The Hall–Kier alpha value is -0.740. The highest BCUT2D eigenvalue weighted by molar-refractivity contribution is 6.31. The molecular weight excluding hydrogens is 246 g/mol. The largest absolute Gasteiger partial charge is 0.324 e. The maximum Gasteiger partial charge on any atom is 0.248 e. The van der Waals surface area contributed by atoms with Crippen LogP contribution in [0.15, 0.2) is 18.5 Å². The molecule has 0 radical (unpaired) electrons. The van der Waals surface area contributed by atoms with Gasteiger partial charge in [-0.2, -0.15) is 0 Å². The second-order valence-corrected chi connectivity index (χ2v) is 5.11. The van der Waals surface area contributed by atoms with Crippen LogP contribution in [0.25, 0.3) is 0 Å². The van der Waals surface area contributed by atoms with Gasteiger partial charge in [-0.15, -0.1) is 0 Å². The zero-order valence-electron chi connectivity index (χ0n) is 9.37. The third-order valence-corrected chi connectivity index (χ3v) is 3.61. The van der Waals surface area contributed by atoms with Crippen molar-refractivity contribution in [1.29, 1.82) is 0 Å². The van der Waals surface area contributed by atoms with E-state index in [1.165, 1.54) is 6.20 Å². The van der Waals surface area contributed by atoms with Gasteiger partial charge in [-0.3, -0.25) is 4.98 Å². The van der Waals surface area contributed by atoms with Gasteiger partial charge >= 0.3 is 0 Å². The number of rotatable bonds is 3. The number of halogens is 3. The average Bonchev–Trinajstić information content (AvgIpc) is 2.58. The number of nitrogens with two attached hydrogens (primary N) is 1. The van der Waals surface area contributed by atoms with Crippen molar-refractivity contribution in [3.63, 3.8) is 0 Å². The van der Waals surface area contributed by atoms with Crippen molar-refractivity contribution in [2.75, 3.05) is 0 Å². The highest BCUT2D eigenvalue weighted by atomic mass is 35.5. The van der Waals surface area contributed by atoms with E-state index in [2.05, 4.69) is 4.98 Å². The van der Waals surface area contributed by atoms with Gasteiger partial charge in [0.15, 0.2) is 0 Å². The van der Waals surface area contributed by atoms with Crippen molar-refractivity contribution in [1.82, 2.24) is 4.98 Å². The van der Waals surface area contributed by atoms with E-state index in [-0.39, 0.29) is 24.8 Å². The van der Waals surface area contributed by atoms with Crippen LogP contribution < -0.4 is 5.73 Å². The normalized spacial score (nSPS) is 24.8. The Morgan fingerprint density at radius 2 is 2.35 bits per heavy atom. The Bertz CT molecular complexity index is 398. The van der Waals surface area contributed by atoms with Crippen LogP contribution in [0.5, 0.6) is 0 Å². The molecule has 2 atom stereocenters. The molecule has 0 amide bonds. The molecule has 5 heteroatoms. The van der Waals surface area contributed by atoms with E-state index in [1.54, 1.807) is 12.3 Å². The molecule has 1 heterocycles. The smallest absolute Gasteiger partial charge is 0.248 e. The Balaban J connectivity index is 1.99. The molecule has 2 nitrogen and oxygen atoms in total. The predicted octanol–water partition coefficient (Wildman–Crippen LogP) is 3.56. The van der Waals surface area contributed by atoms with Crippen molar-refractivity contribution < 1.29 is 8.78 Å². The van der Waals surface area contributed by atoms with E-state index in [1.807, 2.05) is 0 Å². The van der Waals surface area contributed by atoms with Crippen LogP contribution in [0, 0.1) is 5.92 Å². The summed E-state index contributed by atoms with van der Waals surface area (Å²) in [4.78, 5) is 3.87. The summed E-state index contributed by atoms with van der Waals surface area (Å²) in [5.41, 5.74) is 6.80. The Morgan fingerprint density at radius 1 is 1.59 bits per heavy atom. The summed E-state index contributed by atoms with van der Waals surface area (Å²) >= 11 is 5.97. The first-order chi connectivity index (χ1) is 7.98. The number of alkyl halides is 2. The summed E-state index contributed by atoms with van der Waals surface area (Å²) in [5, 5.41) is 0.504. The van der Waals surface area contributed by atoms with Crippen LogP contribution in [0.3, 0.4) is 0 Å². The van der Waals surface area contributed by atoms with Crippen molar-refractivity contribution in [2.45, 2.75) is 37.6 Å². The Kier molecular flexibility index (Phi) is 3.64. The first-order valence-corrected chi connectivity index (χ1v) is 6.08. The number of hydrogen-bond acceptors (Lipinski definition) is 2. The molecule has 0 aliphatic heterocycles. The monoisotopic (exact) mass is 260 g/mol. The summed E-state index contributed by atoms with van der Waals surface area (Å²) in [6, 6.07) is 1.46. The fraction of sp³-hybridized carbons (Fsp3) is 0.583. The molecule has 2 rings (SSSR count). The molecule has 17 heavy (non-hydrogen) atoms.